The molecule has 2 atom stereocenters. The molecule has 0 spiro atoms. The van der Waals surface area contributed by atoms with Gasteiger partial charge in [-0.2, -0.15) is 13.5 Å². The van der Waals surface area contributed by atoms with Crippen molar-refractivity contribution in [3.63, 3.8) is 0 Å². The number of primary amides is 1. The molecule has 0 aromatic carbocycles. The third kappa shape index (κ3) is 2.41. The lowest BCUT2D eigenvalue weighted by molar-refractivity contribution is -0.121. The number of hydrogen-bond donors (Lipinski definition) is 2. The maximum absolute atomic E-state index is 12.0. The van der Waals surface area contributed by atoms with Crippen LogP contribution in [0, 0.1) is 0 Å². The molecule has 2 rings (SSSR count). The van der Waals surface area contributed by atoms with Gasteiger partial charge < -0.3 is 10.6 Å². The first-order chi connectivity index (χ1) is 8.74. The van der Waals surface area contributed by atoms with Crippen LogP contribution in [0.2, 0.25) is 0 Å². The van der Waals surface area contributed by atoms with Crippen molar-refractivity contribution in [2.45, 2.75) is 25.4 Å². The Bertz CT molecular complexity index is 556. The number of nitrogens with zero attached hydrogens (tertiary/aromatic N) is 2. The third-order valence-corrected chi connectivity index (χ3v) is 3.39. The van der Waals surface area contributed by atoms with Gasteiger partial charge in [0.15, 0.2) is 0 Å². The fourth-order valence-corrected chi connectivity index (χ4v) is 2.71. The minimum atomic E-state index is -4.81. The number of carbonyl (C=O) groups is 2. The Balaban J connectivity index is 2.36. The number of hydroxylamine groups is 2. The van der Waals surface area contributed by atoms with Gasteiger partial charge >= 0.3 is 16.4 Å². The molecule has 3 N–H and O–H groups in total. The summed E-state index contributed by atoms with van der Waals surface area (Å²) in [6.45, 7) is 1.86. The van der Waals surface area contributed by atoms with Gasteiger partial charge in [0, 0.05) is 0 Å². The van der Waals surface area contributed by atoms with E-state index in [4.69, 9.17) is 10.3 Å². The predicted molar refractivity (Wildman–Crippen MR) is 61.7 cm³/mol. The number of urea groups is 1. The van der Waals surface area contributed by atoms with Crippen LogP contribution >= 0.6 is 0 Å². The van der Waals surface area contributed by atoms with E-state index in [9.17, 15) is 18.0 Å². The van der Waals surface area contributed by atoms with Gasteiger partial charge in [-0.05, 0) is 12.0 Å². The molecule has 0 aromatic rings. The van der Waals surface area contributed by atoms with Gasteiger partial charge in [-0.15, -0.1) is 4.28 Å². The van der Waals surface area contributed by atoms with E-state index in [1.807, 2.05) is 0 Å². The average Bonchev–Trinajstić information content (AvgIpc) is 2.52. The van der Waals surface area contributed by atoms with Crippen LogP contribution in [-0.4, -0.2) is 53.5 Å². The summed E-state index contributed by atoms with van der Waals surface area (Å²) in [4.78, 5) is 24.5. The lowest BCUT2D eigenvalue weighted by atomic mass is 9.97. The molecule has 2 aliphatic heterocycles. The first-order valence-electron chi connectivity index (χ1n) is 5.51. The van der Waals surface area contributed by atoms with E-state index in [1.54, 1.807) is 13.0 Å². The van der Waals surface area contributed by atoms with Gasteiger partial charge in [0.1, 0.15) is 6.04 Å². The van der Waals surface area contributed by atoms with Crippen molar-refractivity contribution in [3.05, 3.63) is 11.6 Å². The fourth-order valence-electron chi connectivity index (χ4n) is 2.33. The second kappa shape index (κ2) is 4.47. The monoisotopic (exact) mass is 291 g/mol. The zero-order valence-electron chi connectivity index (χ0n) is 10.0. The molecule has 2 bridgehead atoms. The molecular formula is C9H13N3O6S. The first kappa shape index (κ1) is 13.8. The maximum Gasteiger partial charge on any atom is 0.418 e. The highest BCUT2D eigenvalue weighted by Crippen LogP contribution is 2.31. The van der Waals surface area contributed by atoms with E-state index in [0.717, 1.165) is 4.90 Å². The molecule has 106 valence electrons. The maximum atomic E-state index is 12.0. The Labute approximate surface area is 109 Å². The Kier molecular flexibility index (Phi) is 3.24. The Morgan fingerprint density at radius 2 is 2.26 bits per heavy atom. The van der Waals surface area contributed by atoms with Crippen molar-refractivity contribution in [3.8, 4) is 0 Å². The summed E-state index contributed by atoms with van der Waals surface area (Å²) in [7, 11) is -4.81. The second-order valence-electron chi connectivity index (χ2n) is 4.23. The second-order valence-corrected chi connectivity index (χ2v) is 5.23. The zero-order chi connectivity index (χ0) is 14.4. The van der Waals surface area contributed by atoms with Crippen molar-refractivity contribution in [2.75, 3.05) is 6.54 Å². The molecule has 1 saturated heterocycles. The SMILES string of the molecule is CCC1=C[C@@H]2CN(C(=O)N2OS(=O)(=O)O)[C@@H]1C(N)=O. The molecule has 2 heterocycles. The quantitative estimate of drug-likeness (QED) is 0.506. The summed E-state index contributed by atoms with van der Waals surface area (Å²) in [5, 5.41) is 0.522. The molecule has 0 unspecified atom stereocenters. The van der Waals surface area contributed by atoms with Gasteiger partial charge in [0.25, 0.3) is 0 Å². The standard InChI is InChI=1S/C9H13N3O6S/c1-2-5-3-6-4-11(7(5)8(10)13)9(14)12(6)18-19(15,16)17/h3,6-7H,2,4H2,1H3,(H2,10,13)(H,15,16,17)/t6-,7+/m1/s1. The molecule has 9 nitrogen and oxygen atoms in total. The van der Waals surface area contributed by atoms with E-state index >= 15 is 0 Å². The molecule has 1 fully saturated rings. The van der Waals surface area contributed by atoms with Crippen LogP contribution in [-0.2, 0) is 19.5 Å². The topological polar surface area (TPSA) is 130 Å². The summed E-state index contributed by atoms with van der Waals surface area (Å²) in [6.07, 6.45) is 2.04. The fraction of sp³-hybridized carbons (Fsp3) is 0.556. The largest absolute Gasteiger partial charge is 0.418 e. The summed E-state index contributed by atoms with van der Waals surface area (Å²) in [6, 6.07) is -2.42. The lowest BCUT2D eigenvalue weighted by Crippen LogP contribution is -2.48. The van der Waals surface area contributed by atoms with Crippen molar-refractivity contribution in [1.29, 1.82) is 0 Å². The zero-order valence-corrected chi connectivity index (χ0v) is 10.8. The highest BCUT2D eigenvalue weighted by atomic mass is 32.3. The first-order valence-corrected chi connectivity index (χ1v) is 6.88. The summed E-state index contributed by atoms with van der Waals surface area (Å²) < 4.78 is 34.3. The minimum Gasteiger partial charge on any atom is -0.368 e. The van der Waals surface area contributed by atoms with Crippen LogP contribution in [0.25, 0.3) is 0 Å². The Morgan fingerprint density at radius 3 is 2.74 bits per heavy atom. The number of nitrogens with two attached hydrogens (primary N) is 1. The van der Waals surface area contributed by atoms with Crippen molar-refractivity contribution >= 4 is 22.3 Å². The number of hydrogen-bond acceptors (Lipinski definition) is 5. The number of rotatable bonds is 4. The summed E-state index contributed by atoms with van der Waals surface area (Å²) in [5.74, 6) is -0.700. The number of amides is 3. The molecule has 19 heavy (non-hydrogen) atoms. The molecule has 0 aliphatic carbocycles. The summed E-state index contributed by atoms with van der Waals surface area (Å²) >= 11 is 0. The van der Waals surface area contributed by atoms with Crippen LogP contribution in [0.1, 0.15) is 13.3 Å². The van der Waals surface area contributed by atoms with Crippen LogP contribution in [0.4, 0.5) is 4.79 Å². The van der Waals surface area contributed by atoms with Gasteiger partial charge in [-0.25, -0.2) is 4.79 Å². The number of carbonyl (C=O) groups excluding carboxylic acids is 2. The Hall–Kier alpha value is -1.65. The molecule has 0 radical (unpaired) electrons. The van der Waals surface area contributed by atoms with Crippen LogP contribution in [0.3, 0.4) is 0 Å². The van der Waals surface area contributed by atoms with Gasteiger partial charge in [-0.3, -0.25) is 9.35 Å². The van der Waals surface area contributed by atoms with E-state index in [-0.39, 0.29) is 6.54 Å². The third-order valence-electron chi connectivity index (χ3n) is 3.04. The van der Waals surface area contributed by atoms with Gasteiger partial charge in [0.2, 0.25) is 5.91 Å². The molecule has 10 heteroatoms. The average molecular weight is 291 g/mol. The van der Waals surface area contributed by atoms with E-state index in [2.05, 4.69) is 4.28 Å². The highest BCUT2D eigenvalue weighted by Gasteiger charge is 2.48. The minimum absolute atomic E-state index is 0.0749. The Morgan fingerprint density at radius 1 is 1.63 bits per heavy atom. The molecule has 0 aromatic heterocycles. The smallest absolute Gasteiger partial charge is 0.368 e. The molecular weight excluding hydrogens is 278 g/mol. The lowest BCUT2D eigenvalue weighted by Gasteiger charge is -2.28. The van der Waals surface area contributed by atoms with Gasteiger partial charge in [0.05, 0.1) is 12.6 Å². The van der Waals surface area contributed by atoms with Crippen LogP contribution in [0.15, 0.2) is 11.6 Å². The van der Waals surface area contributed by atoms with E-state index < -0.39 is 34.4 Å². The van der Waals surface area contributed by atoms with Crippen molar-refractivity contribution in [1.82, 2.24) is 9.96 Å². The van der Waals surface area contributed by atoms with E-state index in [1.165, 1.54) is 0 Å². The number of fused-ring (bicyclic) bond motifs is 2. The van der Waals surface area contributed by atoms with Gasteiger partial charge in [-0.1, -0.05) is 13.0 Å². The highest BCUT2D eigenvalue weighted by molar-refractivity contribution is 7.80. The predicted octanol–water partition coefficient (Wildman–Crippen LogP) is -0.969. The normalized spacial score (nSPS) is 26.6. The van der Waals surface area contributed by atoms with Crippen LogP contribution < -0.4 is 5.73 Å². The van der Waals surface area contributed by atoms with Crippen molar-refractivity contribution < 1.29 is 26.8 Å². The molecule has 0 saturated carbocycles. The molecule has 3 amide bonds. The van der Waals surface area contributed by atoms with Crippen molar-refractivity contribution in [2.24, 2.45) is 5.73 Å². The van der Waals surface area contributed by atoms with Crippen LogP contribution in [0.5, 0.6) is 0 Å². The van der Waals surface area contributed by atoms with E-state index in [0.29, 0.717) is 17.1 Å². The summed E-state index contributed by atoms with van der Waals surface area (Å²) in [5.41, 5.74) is 5.86. The molecule has 2 aliphatic rings.